The van der Waals surface area contributed by atoms with Crippen LogP contribution in [0.3, 0.4) is 0 Å². The topological polar surface area (TPSA) is 57.1 Å². The second-order valence-corrected chi connectivity index (χ2v) is 4.33. The van der Waals surface area contributed by atoms with E-state index in [1.54, 1.807) is 18.2 Å². The zero-order valence-corrected chi connectivity index (χ0v) is 11.1. The molecule has 7 heteroatoms. The molecule has 0 bridgehead atoms. The van der Waals surface area contributed by atoms with Gasteiger partial charge in [-0.25, -0.2) is 13.6 Å². The van der Waals surface area contributed by atoms with E-state index in [-0.39, 0.29) is 6.79 Å². The van der Waals surface area contributed by atoms with E-state index >= 15 is 0 Å². The Morgan fingerprint density at radius 1 is 1.18 bits per heavy atom. The molecule has 0 saturated carbocycles. The molecule has 2 aromatic rings. The first kappa shape index (κ1) is 14.0. The number of hydrogen-bond acceptors (Lipinski definition) is 5. The van der Waals surface area contributed by atoms with Crippen molar-refractivity contribution >= 4 is 12.2 Å². The van der Waals surface area contributed by atoms with Crippen LogP contribution in [0.4, 0.5) is 8.78 Å². The molecule has 0 aromatic heterocycles. The fourth-order valence-corrected chi connectivity index (χ4v) is 1.84. The number of nitrogens with zero attached hydrogens (tertiary/aromatic N) is 1. The normalized spacial score (nSPS) is 12.6. The Hall–Kier alpha value is -2.96. The van der Waals surface area contributed by atoms with Gasteiger partial charge in [-0.3, -0.25) is 0 Å². The van der Waals surface area contributed by atoms with Crippen LogP contribution in [0.5, 0.6) is 11.5 Å². The minimum absolute atomic E-state index is 0.143. The summed E-state index contributed by atoms with van der Waals surface area (Å²) < 4.78 is 36.7. The molecule has 0 fully saturated rings. The summed E-state index contributed by atoms with van der Waals surface area (Å²) in [4.78, 5) is 16.1. The van der Waals surface area contributed by atoms with Gasteiger partial charge >= 0.3 is 5.97 Å². The molecule has 0 atom stereocenters. The summed E-state index contributed by atoms with van der Waals surface area (Å²) in [5, 5.41) is 3.45. The molecule has 0 spiro atoms. The van der Waals surface area contributed by atoms with Gasteiger partial charge in [0.1, 0.15) is 5.56 Å². The van der Waals surface area contributed by atoms with Crippen LogP contribution in [0.2, 0.25) is 0 Å². The zero-order chi connectivity index (χ0) is 15.5. The van der Waals surface area contributed by atoms with Gasteiger partial charge in [-0.05, 0) is 30.3 Å². The number of benzene rings is 2. The first-order valence-electron chi connectivity index (χ1n) is 6.23. The van der Waals surface area contributed by atoms with Crippen LogP contribution in [0.25, 0.3) is 0 Å². The van der Waals surface area contributed by atoms with Crippen molar-refractivity contribution in [3.8, 4) is 11.5 Å². The third-order valence-electron chi connectivity index (χ3n) is 2.91. The lowest BCUT2D eigenvalue weighted by Gasteiger charge is -2.00. The number of ether oxygens (including phenoxy) is 2. The van der Waals surface area contributed by atoms with Crippen molar-refractivity contribution in [2.24, 2.45) is 5.16 Å². The monoisotopic (exact) mass is 305 g/mol. The molecule has 112 valence electrons. The van der Waals surface area contributed by atoms with E-state index in [0.717, 1.165) is 12.1 Å². The molecule has 1 aliphatic heterocycles. The predicted octanol–water partition coefficient (Wildman–Crippen LogP) is 2.88. The Morgan fingerprint density at radius 2 is 2.00 bits per heavy atom. The smallest absolute Gasteiger partial charge is 0.368 e. The summed E-state index contributed by atoms with van der Waals surface area (Å²) >= 11 is 0. The minimum Gasteiger partial charge on any atom is -0.454 e. The van der Waals surface area contributed by atoms with E-state index in [2.05, 4.69) is 9.99 Å². The Labute approximate surface area is 123 Å². The maximum absolute atomic E-state index is 13.4. The summed E-state index contributed by atoms with van der Waals surface area (Å²) in [5.74, 6) is -2.34. The fraction of sp³-hybridized carbons (Fsp3) is 0.0667. The van der Waals surface area contributed by atoms with E-state index in [1.165, 1.54) is 12.3 Å². The number of oxime groups is 1. The Balaban J connectivity index is 1.69. The predicted molar refractivity (Wildman–Crippen MR) is 71.9 cm³/mol. The van der Waals surface area contributed by atoms with Crippen molar-refractivity contribution in [2.45, 2.75) is 0 Å². The van der Waals surface area contributed by atoms with Crippen molar-refractivity contribution in [1.29, 1.82) is 0 Å². The van der Waals surface area contributed by atoms with Gasteiger partial charge in [-0.2, -0.15) is 0 Å². The molecule has 3 rings (SSSR count). The van der Waals surface area contributed by atoms with Crippen LogP contribution in [0.1, 0.15) is 15.9 Å². The van der Waals surface area contributed by atoms with E-state index in [0.29, 0.717) is 17.1 Å². The average Bonchev–Trinajstić information content (AvgIpc) is 2.97. The lowest BCUT2D eigenvalue weighted by molar-refractivity contribution is 0.0512. The largest absolute Gasteiger partial charge is 0.454 e. The Bertz CT molecular complexity index is 761. The highest BCUT2D eigenvalue weighted by molar-refractivity contribution is 5.90. The summed E-state index contributed by atoms with van der Waals surface area (Å²) in [7, 11) is 0. The Kier molecular flexibility index (Phi) is 3.69. The molecule has 22 heavy (non-hydrogen) atoms. The maximum Gasteiger partial charge on any atom is 0.368 e. The number of carbonyl (C=O) groups excluding carboxylic acids is 1. The van der Waals surface area contributed by atoms with E-state index in [9.17, 15) is 13.6 Å². The van der Waals surface area contributed by atoms with Gasteiger partial charge in [-0.15, -0.1) is 0 Å². The number of rotatable bonds is 3. The highest BCUT2D eigenvalue weighted by atomic mass is 19.2. The number of fused-ring (bicyclic) bond motifs is 1. The highest BCUT2D eigenvalue weighted by Crippen LogP contribution is 2.31. The van der Waals surface area contributed by atoms with Crippen LogP contribution in [-0.4, -0.2) is 19.0 Å². The molecular weight excluding hydrogens is 296 g/mol. The third kappa shape index (κ3) is 2.73. The standard InChI is InChI=1S/C15H9F2NO4/c16-11-3-1-2-10(14(11)17)15(19)22-18-7-9-4-5-12-13(6-9)21-8-20-12/h1-7H,8H2. The van der Waals surface area contributed by atoms with Gasteiger partial charge in [0.2, 0.25) is 6.79 Å². The van der Waals surface area contributed by atoms with Crippen LogP contribution in [-0.2, 0) is 4.84 Å². The van der Waals surface area contributed by atoms with Gasteiger partial charge < -0.3 is 14.3 Å². The molecule has 0 N–H and O–H groups in total. The Morgan fingerprint density at radius 3 is 2.86 bits per heavy atom. The molecule has 1 heterocycles. The highest BCUT2D eigenvalue weighted by Gasteiger charge is 2.16. The van der Waals surface area contributed by atoms with Crippen molar-refractivity contribution in [3.05, 3.63) is 59.2 Å². The summed E-state index contributed by atoms with van der Waals surface area (Å²) in [5.41, 5.74) is 0.0691. The molecular formula is C15H9F2NO4. The first-order valence-corrected chi connectivity index (χ1v) is 6.23. The molecule has 0 amide bonds. The molecule has 0 radical (unpaired) electrons. The van der Waals surface area contributed by atoms with E-state index in [1.807, 2.05) is 0 Å². The number of hydrogen-bond donors (Lipinski definition) is 0. The molecule has 5 nitrogen and oxygen atoms in total. The van der Waals surface area contributed by atoms with E-state index < -0.39 is 23.2 Å². The molecule has 0 unspecified atom stereocenters. The second-order valence-electron chi connectivity index (χ2n) is 4.33. The van der Waals surface area contributed by atoms with Gasteiger partial charge in [0, 0.05) is 5.56 Å². The second kappa shape index (κ2) is 5.80. The van der Waals surface area contributed by atoms with Crippen LogP contribution in [0.15, 0.2) is 41.6 Å². The SMILES string of the molecule is O=C(ON=Cc1ccc2c(c1)OCO2)c1cccc(F)c1F. The van der Waals surface area contributed by atoms with Gasteiger partial charge in [0.25, 0.3) is 0 Å². The van der Waals surface area contributed by atoms with Crippen LogP contribution < -0.4 is 9.47 Å². The molecule has 0 aliphatic carbocycles. The average molecular weight is 305 g/mol. The third-order valence-corrected chi connectivity index (χ3v) is 2.91. The molecule has 2 aromatic carbocycles. The van der Waals surface area contributed by atoms with Gasteiger partial charge in [0.05, 0.1) is 6.21 Å². The van der Waals surface area contributed by atoms with Crippen LogP contribution in [0, 0.1) is 11.6 Å². The van der Waals surface area contributed by atoms with Crippen molar-refractivity contribution < 1.29 is 27.9 Å². The fourth-order valence-electron chi connectivity index (χ4n) is 1.84. The maximum atomic E-state index is 13.4. The number of halogens is 2. The minimum atomic E-state index is -1.27. The molecule has 0 saturated heterocycles. The van der Waals surface area contributed by atoms with Gasteiger partial charge in [0.15, 0.2) is 23.1 Å². The summed E-state index contributed by atoms with van der Waals surface area (Å²) in [6, 6.07) is 8.21. The van der Waals surface area contributed by atoms with Crippen molar-refractivity contribution in [1.82, 2.24) is 0 Å². The zero-order valence-electron chi connectivity index (χ0n) is 11.1. The van der Waals surface area contributed by atoms with E-state index in [4.69, 9.17) is 9.47 Å². The molecule has 1 aliphatic rings. The van der Waals surface area contributed by atoms with Crippen molar-refractivity contribution in [2.75, 3.05) is 6.79 Å². The first-order chi connectivity index (χ1) is 10.6. The van der Waals surface area contributed by atoms with Gasteiger partial charge in [-0.1, -0.05) is 11.2 Å². The van der Waals surface area contributed by atoms with Crippen LogP contribution >= 0.6 is 0 Å². The summed E-state index contributed by atoms with van der Waals surface area (Å²) in [6.45, 7) is 0.143. The van der Waals surface area contributed by atoms with Crippen molar-refractivity contribution in [3.63, 3.8) is 0 Å². The summed E-state index contributed by atoms with van der Waals surface area (Å²) in [6.07, 6.45) is 1.25. The lowest BCUT2D eigenvalue weighted by atomic mass is 10.2. The lowest BCUT2D eigenvalue weighted by Crippen LogP contribution is -2.05. The quantitative estimate of drug-likeness (QED) is 0.497. The number of carbonyl (C=O) groups is 1.